The standard InChI is InChI=1S/C26H27Cl2N3O4/c1-3-17(21-8-5-9-23(29-2)30-21)15-35-18-12-10-16(11-13-18)14-22(26(33)34)31-25(32)24-19(27)6-4-7-20(24)28/h4-13,17,22H,3,14-15H2,1-2H3,(H,29,30)(H,31,32)(H,33,34)/t17?,22-/m0/s1. The summed E-state index contributed by atoms with van der Waals surface area (Å²) in [5, 5.41) is 15.5. The first kappa shape index (κ1) is 26.3. The van der Waals surface area contributed by atoms with Crippen LogP contribution >= 0.6 is 23.2 Å². The Balaban J connectivity index is 1.62. The number of anilines is 1. The van der Waals surface area contributed by atoms with Crippen LogP contribution in [-0.2, 0) is 11.2 Å². The molecule has 1 aromatic heterocycles. The SMILES string of the molecule is CCC(COc1ccc(C[C@H](NC(=O)c2c(Cl)cccc2Cl)C(=O)O)cc1)c1cccc(NC)n1. The van der Waals surface area contributed by atoms with Crippen LogP contribution in [0.15, 0.2) is 60.7 Å². The van der Waals surface area contributed by atoms with Crippen molar-refractivity contribution in [3.8, 4) is 5.75 Å². The van der Waals surface area contributed by atoms with Gasteiger partial charge in [-0.1, -0.05) is 54.4 Å². The van der Waals surface area contributed by atoms with Crippen molar-refractivity contribution < 1.29 is 19.4 Å². The second-order valence-electron chi connectivity index (χ2n) is 7.92. The molecule has 1 unspecified atom stereocenters. The zero-order valence-corrected chi connectivity index (χ0v) is 20.9. The monoisotopic (exact) mass is 515 g/mol. The Kier molecular flexibility index (Phi) is 9.34. The number of halogens is 2. The Labute approximate surface area is 214 Å². The highest BCUT2D eigenvalue weighted by molar-refractivity contribution is 6.39. The van der Waals surface area contributed by atoms with E-state index in [2.05, 4.69) is 22.5 Å². The van der Waals surface area contributed by atoms with Crippen LogP contribution < -0.4 is 15.4 Å². The molecule has 1 amide bonds. The van der Waals surface area contributed by atoms with Gasteiger partial charge in [0.15, 0.2) is 0 Å². The highest BCUT2D eigenvalue weighted by Crippen LogP contribution is 2.25. The predicted molar refractivity (Wildman–Crippen MR) is 138 cm³/mol. The molecule has 7 nitrogen and oxygen atoms in total. The number of carbonyl (C=O) groups is 2. The molecule has 0 aliphatic carbocycles. The number of rotatable bonds is 11. The van der Waals surface area contributed by atoms with Crippen molar-refractivity contribution in [1.29, 1.82) is 0 Å². The Morgan fingerprint density at radius 1 is 1.03 bits per heavy atom. The van der Waals surface area contributed by atoms with Gasteiger partial charge < -0.3 is 20.5 Å². The first-order valence-corrected chi connectivity index (χ1v) is 11.9. The molecule has 0 aliphatic heterocycles. The van der Waals surface area contributed by atoms with Crippen LogP contribution in [0.3, 0.4) is 0 Å². The maximum Gasteiger partial charge on any atom is 0.326 e. The van der Waals surface area contributed by atoms with Gasteiger partial charge in [0, 0.05) is 25.1 Å². The molecule has 3 aromatic rings. The van der Waals surface area contributed by atoms with Crippen LogP contribution in [-0.4, -0.2) is 41.7 Å². The molecule has 0 aliphatic rings. The fourth-order valence-electron chi connectivity index (χ4n) is 3.53. The van der Waals surface area contributed by atoms with E-state index < -0.39 is 17.9 Å². The fourth-order valence-corrected chi connectivity index (χ4v) is 4.10. The van der Waals surface area contributed by atoms with Gasteiger partial charge in [0.2, 0.25) is 0 Å². The average Bonchev–Trinajstić information content (AvgIpc) is 2.85. The van der Waals surface area contributed by atoms with Crippen molar-refractivity contribution in [2.75, 3.05) is 19.0 Å². The topological polar surface area (TPSA) is 101 Å². The fraction of sp³-hybridized carbons (Fsp3) is 0.269. The van der Waals surface area contributed by atoms with E-state index in [0.29, 0.717) is 12.4 Å². The lowest BCUT2D eigenvalue weighted by Crippen LogP contribution is -2.42. The number of nitrogens with one attached hydrogen (secondary N) is 2. The molecule has 0 radical (unpaired) electrons. The van der Waals surface area contributed by atoms with Gasteiger partial charge in [0.05, 0.1) is 22.2 Å². The van der Waals surface area contributed by atoms with Gasteiger partial charge >= 0.3 is 5.97 Å². The lowest BCUT2D eigenvalue weighted by atomic mass is 10.0. The summed E-state index contributed by atoms with van der Waals surface area (Å²) in [6.07, 6.45) is 0.954. The number of pyridine rings is 1. The van der Waals surface area contributed by atoms with E-state index in [1.165, 1.54) is 12.1 Å². The first-order chi connectivity index (χ1) is 16.8. The maximum absolute atomic E-state index is 12.6. The third kappa shape index (κ3) is 7.10. The van der Waals surface area contributed by atoms with Gasteiger partial charge in [-0.15, -0.1) is 0 Å². The van der Waals surface area contributed by atoms with Gasteiger partial charge in [0.1, 0.15) is 17.6 Å². The molecule has 0 bridgehead atoms. The van der Waals surface area contributed by atoms with Gasteiger partial charge in [-0.2, -0.15) is 0 Å². The quantitative estimate of drug-likeness (QED) is 0.314. The summed E-state index contributed by atoms with van der Waals surface area (Å²) < 4.78 is 5.97. The summed E-state index contributed by atoms with van der Waals surface area (Å²) >= 11 is 12.1. The van der Waals surface area contributed by atoms with Crippen LogP contribution in [0.25, 0.3) is 0 Å². The molecule has 3 N–H and O–H groups in total. The number of benzene rings is 2. The number of carboxylic acid groups (broad SMARTS) is 1. The number of ether oxygens (including phenoxy) is 1. The van der Waals surface area contributed by atoms with E-state index in [1.54, 1.807) is 30.3 Å². The Morgan fingerprint density at radius 2 is 1.69 bits per heavy atom. The lowest BCUT2D eigenvalue weighted by molar-refractivity contribution is -0.139. The molecule has 0 saturated heterocycles. The van der Waals surface area contributed by atoms with Crippen molar-refractivity contribution in [3.05, 3.63) is 87.5 Å². The first-order valence-electron chi connectivity index (χ1n) is 11.2. The van der Waals surface area contributed by atoms with E-state index in [-0.39, 0.29) is 27.9 Å². The number of nitrogens with zero attached hydrogens (tertiary/aromatic N) is 1. The van der Waals surface area contributed by atoms with Crippen molar-refractivity contribution in [2.45, 2.75) is 31.7 Å². The highest BCUT2D eigenvalue weighted by Gasteiger charge is 2.24. The number of aliphatic carboxylic acids is 1. The Hall–Kier alpha value is -3.29. The molecule has 1 heterocycles. The Morgan fingerprint density at radius 3 is 2.29 bits per heavy atom. The van der Waals surface area contributed by atoms with Crippen molar-refractivity contribution in [3.63, 3.8) is 0 Å². The summed E-state index contributed by atoms with van der Waals surface area (Å²) in [6.45, 7) is 2.55. The maximum atomic E-state index is 12.6. The second-order valence-corrected chi connectivity index (χ2v) is 8.74. The molecule has 35 heavy (non-hydrogen) atoms. The van der Waals surface area contributed by atoms with E-state index >= 15 is 0 Å². The summed E-state index contributed by atoms with van der Waals surface area (Å²) in [5.41, 5.74) is 1.73. The van der Waals surface area contributed by atoms with Crippen LogP contribution in [0.5, 0.6) is 5.75 Å². The summed E-state index contributed by atoms with van der Waals surface area (Å²) in [6, 6.07) is 16.5. The number of carboxylic acids is 1. The molecule has 9 heteroatoms. The minimum Gasteiger partial charge on any atom is -0.493 e. The smallest absolute Gasteiger partial charge is 0.326 e. The Bertz CT molecular complexity index is 1150. The van der Waals surface area contributed by atoms with E-state index in [9.17, 15) is 14.7 Å². The molecule has 0 saturated carbocycles. The zero-order valence-electron chi connectivity index (χ0n) is 19.4. The third-order valence-corrected chi connectivity index (χ3v) is 6.18. The van der Waals surface area contributed by atoms with Gasteiger partial charge in [-0.25, -0.2) is 9.78 Å². The van der Waals surface area contributed by atoms with E-state index in [0.717, 1.165) is 23.5 Å². The summed E-state index contributed by atoms with van der Waals surface area (Å²) in [4.78, 5) is 29.0. The van der Waals surface area contributed by atoms with Crippen LogP contribution in [0.4, 0.5) is 5.82 Å². The molecule has 2 atom stereocenters. The minimum absolute atomic E-state index is 0.0473. The number of aromatic nitrogens is 1. The normalized spacial score (nSPS) is 12.5. The number of carbonyl (C=O) groups excluding carboxylic acids is 1. The van der Waals surface area contributed by atoms with Gasteiger partial charge in [-0.05, 0) is 48.4 Å². The molecule has 2 aromatic carbocycles. The third-order valence-electron chi connectivity index (χ3n) is 5.55. The summed E-state index contributed by atoms with van der Waals surface area (Å²) in [7, 11) is 1.83. The molecule has 3 rings (SSSR count). The second kappa shape index (κ2) is 12.4. The summed E-state index contributed by atoms with van der Waals surface area (Å²) in [5.74, 6) is -0.206. The number of hydrogen-bond donors (Lipinski definition) is 3. The predicted octanol–water partition coefficient (Wildman–Crippen LogP) is 5.43. The largest absolute Gasteiger partial charge is 0.493 e. The minimum atomic E-state index is -1.16. The van der Waals surface area contributed by atoms with E-state index in [4.69, 9.17) is 27.9 Å². The molecule has 0 spiro atoms. The van der Waals surface area contributed by atoms with E-state index in [1.807, 2.05) is 25.2 Å². The van der Waals surface area contributed by atoms with Gasteiger partial charge in [0.25, 0.3) is 5.91 Å². The highest BCUT2D eigenvalue weighted by atomic mass is 35.5. The van der Waals surface area contributed by atoms with Crippen molar-refractivity contribution in [1.82, 2.24) is 10.3 Å². The van der Waals surface area contributed by atoms with Gasteiger partial charge in [-0.3, -0.25) is 4.79 Å². The zero-order chi connectivity index (χ0) is 25.4. The van der Waals surface area contributed by atoms with Crippen molar-refractivity contribution >= 4 is 40.9 Å². The average molecular weight is 516 g/mol. The number of amides is 1. The molecule has 184 valence electrons. The molecular weight excluding hydrogens is 489 g/mol. The molecular formula is C26H27Cl2N3O4. The van der Waals surface area contributed by atoms with Crippen LogP contribution in [0, 0.1) is 0 Å². The molecule has 0 fully saturated rings. The van der Waals surface area contributed by atoms with Crippen LogP contribution in [0.2, 0.25) is 10.0 Å². The van der Waals surface area contributed by atoms with Crippen molar-refractivity contribution in [2.24, 2.45) is 0 Å². The van der Waals surface area contributed by atoms with Crippen LogP contribution in [0.1, 0.15) is 40.9 Å². The lowest BCUT2D eigenvalue weighted by Gasteiger charge is -2.17. The number of hydrogen-bond acceptors (Lipinski definition) is 5.